The number of nitrogens with one attached hydrogen (secondary N) is 1. The molecule has 0 aliphatic heterocycles. The Hall–Kier alpha value is -1.57. The molecular formula is C19H25ClN4O2S. The maximum atomic E-state index is 12.2. The van der Waals surface area contributed by atoms with Crippen LogP contribution < -0.4 is 5.32 Å². The van der Waals surface area contributed by atoms with Gasteiger partial charge in [-0.1, -0.05) is 48.3 Å². The first kappa shape index (κ1) is 20.2. The van der Waals surface area contributed by atoms with Crippen LogP contribution in [0, 0.1) is 0 Å². The summed E-state index contributed by atoms with van der Waals surface area (Å²) >= 11 is 7.81. The van der Waals surface area contributed by atoms with Crippen LogP contribution >= 0.6 is 23.4 Å². The molecule has 1 aromatic heterocycles. The number of benzene rings is 1. The van der Waals surface area contributed by atoms with E-state index in [1.165, 1.54) is 24.6 Å². The maximum absolute atomic E-state index is 12.2. The van der Waals surface area contributed by atoms with Crippen LogP contribution in [0.25, 0.3) is 11.4 Å². The van der Waals surface area contributed by atoms with Gasteiger partial charge in [0.15, 0.2) is 11.0 Å². The lowest BCUT2D eigenvalue weighted by molar-refractivity contribution is -0.119. The standard InChI is InChI=1S/C19H25ClN4O2S/c1-13(11-26-2)21-17(25)12-27-19-23-22-18(15-9-5-6-10-16(15)20)24(19)14-7-3-4-8-14/h5-6,9-10,13-14H,3-4,7-8,11-12H2,1-2H3,(H,21,25). The van der Waals surface area contributed by atoms with Crippen molar-refractivity contribution in [1.29, 1.82) is 0 Å². The number of amides is 1. The lowest BCUT2D eigenvalue weighted by atomic mass is 10.2. The molecule has 1 amide bonds. The SMILES string of the molecule is COCC(C)NC(=O)CSc1nnc(-c2ccccc2Cl)n1C1CCCC1. The minimum Gasteiger partial charge on any atom is -0.383 e. The van der Waals surface area contributed by atoms with Crippen molar-refractivity contribution >= 4 is 29.3 Å². The molecule has 0 saturated heterocycles. The van der Waals surface area contributed by atoms with E-state index in [9.17, 15) is 4.79 Å². The quantitative estimate of drug-likeness (QED) is 0.669. The smallest absolute Gasteiger partial charge is 0.230 e. The fourth-order valence-electron chi connectivity index (χ4n) is 3.43. The van der Waals surface area contributed by atoms with Crippen LogP contribution in [0.5, 0.6) is 0 Å². The highest BCUT2D eigenvalue weighted by molar-refractivity contribution is 7.99. The van der Waals surface area contributed by atoms with E-state index in [0.29, 0.717) is 23.4 Å². The number of halogens is 1. The van der Waals surface area contributed by atoms with Gasteiger partial charge < -0.3 is 10.1 Å². The summed E-state index contributed by atoms with van der Waals surface area (Å²) in [6, 6.07) is 8.02. The van der Waals surface area contributed by atoms with Crippen LogP contribution in [-0.2, 0) is 9.53 Å². The number of aromatic nitrogens is 3. The first-order chi connectivity index (χ1) is 13.1. The molecule has 1 aliphatic rings. The zero-order valence-corrected chi connectivity index (χ0v) is 17.2. The second kappa shape index (κ2) is 9.57. The van der Waals surface area contributed by atoms with E-state index in [-0.39, 0.29) is 11.9 Å². The fourth-order valence-corrected chi connectivity index (χ4v) is 4.47. The Morgan fingerprint density at radius 3 is 2.81 bits per heavy atom. The van der Waals surface area contributed by atoms with E-state index >= 15 is 0 Å². The molecule has 1 aliphatic carbocycles. The van der Waals surface area contributed by atoms with Gasteiger partial charge >= 0.3 is 0 Å². The number of ether oxygens (including phenoxy) is 1. The van der Waals surface area contributed by atoms with Gasteiger partial charge in [0.2, 0.25) is 5.91 Å². The van der Waals surface area contributed by atoms with Crippen LogP contribution in [0.2, 0.25) is 5.02 Å². The Morgan fingerprint density at radius 1 is 1.37 bits per heavy atom. The van der Waals surface area contributed by atoms with Crippen molar-refractivity contribution in [3.63, 3.8) is 0 Å². The van der Waals surface area contributed by atoms with E-state index in [2.05, 4.69) is 20.1 Å². The Bertz CT molecular complexity index is 777. The number of nitrogens with zero attached hydrogens (tertiary/aromatic N) is 3. The lowest BCUT2D eigenvalue weighted by Gasteiger charge is -2.17. The largest absolute Gasteiger partial charge is 0.383 e. The Labute approximate surface area is 169 Å². The van der Waals surface area contributed by atoms with Crippen LogP contribution in [0.1, 0.15) is 38.6 Å². The van der Waals surface area contributed by atoms with Gasteiger partial charge in [0, 0.05) is 24.8 Å². The molecule has 3 rings (SSSR count). The highest BCUT2D eigenvalue weighted by Crippen LogP contribution is 2.38. The predicted octanol–water partition coefficient (Wildman–Crippen LogP) is 3.96. The van der Waals surface area contributed by atoms with Crippen LogP contribution in [0.3, 0.4) is 0 Å². The molecule has 1 heterocycles. The van der Waals surface area contributed by atoms with Crippen LogP contribution in [0.4, 0.5) is 0 Å². The van der Waals surface area contributed by atoms with Crippen LogP contribution in [-0.4, -0.2) is 46.2 Å². The van der Waals surface area contributed by atoms with Gasteiger partial charge in [-0.2, -0.15) is 0 Å². The summed E-state index contributed by atoms with van der Waals surface area (Å²) in [5.41, 5.74) is 0.878. The summed E-state index contributed by atoms with van der Waals surface area (Å²) in [6.45, 7) is 2.41. The monoisotopic (exact) mass is 408 g/mol. The summed E-state index contributed by atoms with van der Waals surface area (Å²) in [4.78, 5) is 12.2. The molecular weight excluding hydrogens is 384 g/mol. The Balaban J connectivity index is 1.79. The second-order valence-corrected chi connectivity index (χ2v) is 8.16. The minimum absolute atomic E-state index is 0.0190. The van der Waals surface area contributed by atoms with E-state index in [1.807, 2.05) is 31.2 Å². The van der Waals surface area contributed by atoms with Crippen molar-refractivity contribution in [2.45, 2.75) is 49.8 Å². The predicted molar refractivity (Wildman–Crippen MR) is 108 cm³/mol. The third kappa shape index (κ3) is 5.03. The molecule has 0 radical (unpaired) electrons. The van der Waals surface area contributed by atoms with Crippen molar-refractivity contribution in [3.05, 3.63) is 29.3 Å². The normalized spacial score (nSPS) is 15.8. The zero-order chi connectivity index (χ0) is 19.2. The topological polar surface area (TPSA) is 69.0 Å². The molecule has 8 heteroatoms. The molecule has 0 spiro atoms. The summed E-state index contributed by atoms with van der Waals surface area (Å²) in [5, 5.41) is 13.1. The molecule has 1 fully saturated rings. The summed E-state index contributed by atoms with van der Waals surface area (Å²) < 4.78 is 7.23. The van der Waals surface area contributed by atoms with Crippen LogP contribution in [0.15, 0.2) is 29.4 Å². The van der Waals surface area contributed by atoms with Crippen molar-refractivity contribution in [2.24, 2.45) is 0 Å². The molecule has 1 atom stereocenters. The van der Waals surface area contributed by atoms with E-state index < -0.39 is 0 Å². The number of hydrogen-bond donors (Lipinski definition) is 1. The molecule has 0 bridgehead atoms. The third-order valence-corrected chi connectivity index (χ3v) is 5.90. The first-order valence-electron chi connectivity index (χ1n) is 9.21. The molecule has 146 valence electrons. The number of rotatable bonds is 8. The van der Waals surface area contributed by atoms with Crippen molar-refractivity contribution in [3.8, 4) is 11.4 Å². The Morgan fingerprint density at radius 2 is 2.11 bits per heavy atom. The van der Waals surface area contributed by atoms with Gasteiger partial charge in [0.25, 0.3) is 0 Å². The maximum Gasteiger partial charge on any atom is 0.230 e. The van der Waals surface area contributed by atoms with Gasteiger partial charge in [-0.15, -0.1) is 10.2 Å². The molecule has 1 N–H and O–H groups in total. The molecule has 2 aromatic rings. The van der Waals surface area contributed by atoms with Crippen molar-refractivity contribution < 1.29 is 9.53 Å². The average molecular weight is 409 g/mol. The van der Waals surface area contributed by atoms with Gasteiger partial charge in [0.05, 0.1) is 17.4 Å². The molecule has 1 aromatic carbocycles. The average Bonchev–Trinajstić information content (AvgIpc) is 3.30. The number of carbonyl (C=O) groups is 1. The number of methoxy groups -OCH3 is 1. The molecule has 1 unspecified atom stereocenters. The Kier molecular flexibility index (Phi) is 7.15. The minimum atomic E-state index is -0.0372. The lowest BCUT2D eigenvalue weighted by Crippen LogP contribution is -2.36. The summed E-state index contributed by atoms with van der Waals surface area (Å²) in [7, 11) is 1.62. The molecule has 6 nitrogen and oxygen atoms in total. The number of carbonyl (C=O) groups excluding carboxylic acids is 1. The number of thioether (sulfide) groups is 1. The molecule has 1 saturated carbocycles. The third-order valence-electron chi connectivity index (χ3n) is 4.63. The van der Waals surface area contributed by atoms with E-state index in [4.69, 9.17) is 16.3 Å². The molecule has 27 heavy (non-hydrogen) atoms. The van der Waals surface area contributed by atoms with Crippen molar-refractivity contribution in [2.75, 3.05) is 19.5 Å². The van der Waals surface area contributed by atoms with Gasteiger partial charge in [0.1, 0.15) is 0 Å². The van der Waals surface area contributed by atoms with E-state index in [1.54, 1.807) is 7.11 Å². The number of hydrogen-bond acceptors (Lipinski definition) is 5. The first-order valence-corrected chi connectivity index (χ1v) is 10.6. The zero-order valence-electron chi connectivity index (χ0n) is 15.7. The second-order valence-electron chi connectivity index (χ2n) is 6.81. The van der Waals surface area contributed by atoms with Gasteiger partial charge in [-0.25, -0.2) is 0 Å². The summed E-state index contributed by atoms with van der Waals surface area (Å²) in [5.74, 6) is 1.04. The van der Waals surface area contributed by atoms with Crippen molar-refractivity contribution in [1.82, 2.24) is 20.1 Å². The van der Waals surface area contributed by atoms with E-state index in [0.717, 1.165) is 29.4 Å². The fraction of sp³-hybridized carbons (Fsp3) is 0.526. The summed E-state index contributed by atoms with van der Waals surface area (Å²) in [6.07, 6.45) is 4.59. The van der Waals surface area contributed by atoms with Gasteiger partial charge in [-0.3, -0.25) is 9.36 Å². The highest BCUT2D eigenvalue weighted by Gasteiger charge is 2.26. The highest BCUT2D eigenvalue weighted by atomic mass is 35.5. The van der Waals surface area contributed by atoms with Gasteiger partial charge in [-0.05, 0) is 31.9 Å².